The highest BCUT2D eigenvalue weighted by Crippen LogP contribution is 2.20. The molecule has 0 aliphatic heterocycles. The molecule has 1 aromatic heterocycles. The van der Waals surface area contributed by atoms with E-state index in [0.29, 0.717) is 5.02 Å². The average Bonchev–Trinajstić information content (AvgIpc) is 2.84. The van der Waals surface area contributed by atoms with E-state index in [-0.39, 0.29) is 0 Å². The van der Waals surface area contributed by atoms with Crippen LogP contribution in [0.3, 0.4) is 0 Å². The van der Waals surface area contributed by atoms with Gasteiger partial charge in [0.05, 0.1) is 6.54 Å². The lowest BCUT2D eigenvalue weighted by Crippen LogP contribution is -2.22. The Balaban J connectivity index is 1.69. The Hall–Kier alpha value is -1.03. The van der Waals surface area contributed by atoms with Crippen LogP contribution < -0.4 is 5.32 Å². The van der Waals surface area contributed by atoms with Crippen LogP contribution in [0.1, 0.15) is 5.56 Å². The van der Waals surface area contributed by atoms with Crippen molar-refractivity contribution in [1.82, 2.24) is 15.1 Å². The number of aromatic nitrogens is 2. The molecule has 2 rings (SSSR count). The third kappa shape index (κ3) is 4.02. The summed E-state index contributed by atoms with van der Waals surface area (Å²) in [4.78, 5) is 0. The summed E-state index contributed by atoms with van der Waals surface area (Å²) in [6, 6.07) is 7.54. The Morgan fingerprint density at radius 1 is 1.22 bits per heavy atom. The van der Waals surface area contributed by atoms with Gasteiger partial charge in [0, 0.05) is 29.0 Å². The predicted molar refractivity (Wildman–Crippen MR) is 75.3 cm³/mol. The lowest BCUT2D eigenvalue weighted by molar-refractivity contribution is 0.556. The van der Waals surface area contributed by atoms with Crippen molar-refractivity contribution in [3.8, 4) is 0 Å². The number of nitrogens with one attached hydrogen (secondary N) is 1. The second kappa shape index (κ2) is 6.78. The summed E-state index contributed by atoms with van der Waals surface area (Å²) in [6.07, 6.45) is 4.64. The van der Waals surface area contributed by atoms with Gasteiger partial charge in [-0.15, -0.1) is 0 Å². The molecule has 0 fully saturated rings. The third-order valence-electron chi connectivity index (χ3n) is 2.66. The maximum atomic E-state index is 6.10. The quantitative estimate of drug-likeness (QED) is 0.826. The van der Waals surface area contributed by atoms with Crippen molar-refractivity contribution in [1.29, 1.82) is 0 Å². The molecule has 0 radical (unpaired) electrons. The SMILES string of the molecule is Clc1ccc(CCNCCn2cccn2)c(Cl)c1. The first-order valence-electron chi connectivity index (χ1n) is 5.88. The topological polar surface area (TPSA) is 29.9 Å². The van der Waals surface area contributed by atoms with Crippen LogP contribution in [-0.2, 0) is 13.0 Å². The van der Waals surface area contributed by atoms with Gasteiger partial charge < -0.3 is 5.32 Å². The van der Waals surface area contributed by atoms with E-state index in [1.807, 2.05) is 29.1 Å². The standard InChI is InChI=1S/C13H15Cl2N3/c14-12-3-2-11(13(15)10-12)4-6-16-7-9-18-8-1-5-17-18/h1-3,5,8,10,16H,4,6-7,9H2. The molecule has 3 nitrogen and oxygen atoms in total. The van der Waals surface area contributed by atoms with Crippen LogP contribution >= 0.6 is 23.2 Å². The summed E-state index contributed by atoms with van der Waals surface area (Å²) < 4.78 is 1.91. The monoisotopic (exact) mass is 283 g/mol. The van der Waals surface area contributed by atoms with Crippen LogP contribution in [0.5, 0.6) is 0 Å². The first kappa shape index (κ1) is 13.4. The zero-order chi connectivity index (χ0) is 12.8. The largest absolute Gasteiger partial charge is 0.315 e. The normalized spacial score (nSPS) is 10.8. The lowest BCUT2D eigenvalue weighted by atomic mass is 10.1. The van der Waals surface area contributed by atoms with Crippen LogP contribution in [0.4, 0.5) is 0 Å². The van der Waals surface area contributed by atoms with Crippen LogP contribution in [-0.4, -0.2) is 22.9 Å². The molecule has 0 amide bonds. The highest BCUT2D eigenvalue weighted by Gasteiger charge is 2.00. The summed E-state index contributed by atoms with van der Waals surface area (Å²) >= 11 is 11.9. The van der Waals surface area contributed by atoms with Gasteiger partial charge in [-0.1, -0.05) is 29.3 Å². The Morgan fingerprint density at radius 3 is 2.83 bits per heavy atom. The van der Waals surface area contributed by atoms with Gasteiger partial charge >= 0.3 is 0 Å². The number of halogens is 2. The Bertz CT molecular complexity index is 483. The predicted octanol–water partition coefficient (Wildman–Crippen LogP) is 3.02. The molecule has 1 heterocycles. The second-order valence-electron chi connectivity index (χ2n) is 4.00. The molecular formula is C13H15Cl2N3. The van der Waals surface area contributed by atoms with E-state index < -0.39 is 0 Å². The Morgan fingerprint density at radius 2 is 2.11 bits per heavy atom. The summed E-state index contributed by atoms with van der Waals surface area (Å²) in [6.45, 7) is 2.66. The summed E-state index contributed by atoms with van der Waals surface area (Å²) in [5.41, 5.74) is 1.12. The minimum Gasteiger partial charge on any atom is -0.315 e. The molecule has 2 aromatic rings. The van der Waals surface area contributed by atoms with Crippen LogP contribution in [0.15, 0.2) is 36.7 Å². The number of hydrogen-bond acceptors (Lipinski definition) is 2. The fraction of sp³-hybridized carbons (Fsp3) is 0.308. The van der Waals surface area contributed by atoms with Gasteiger partial charge in [-0.05, 0) is 36.7 Å². The molecule has 0 aliphatic carbocycles. The molecule has 1 N–H and O–H groups in total. The summed E-state index contributed by atoms with van der Waals surface area (Å²) in [5.74, 6) is 0. The van der Waals surface area contributed by atoms with Crippen LogP contribution in [0, 0.1) is 0 Å². The van der Waals surface area contributed by atoms with Crippen molar-refractivity contribution in [3.05, 3.63) is 52.3 Å². The summed E-state index contributed by atoms with van der Waals surface area (Å²) in [7, 11) is 0. The van der Waals surface area contributed by atoms with Gasteiger partial charge in [-0.3, -0.25) is 4.68 Å². The highest BCUT2D eigenvalue weighted by atomic mass is 35.5. The fourth-order valence-corrected chi connectivity index (χ4v) is 2.20. The molecular weight excluding hydrogens is 269 g/mol. The molecule has 18 heavy (non-hydrogen) atoms. The van der Waals surface area contributed by atoms with Crippen molar-refractivity contribution in [2.45, 2.75) is 13.0 Å². The number of rotatable bonds is 6. The third-order valence-corrected chi connectivity index (χ3v) is 3.25. The van der Waals surface area contributed by atoms with Crippen LogP contribution in [0.2, 0.25) is 10.0 Å². The zero-order valence-corrected chi connectivity index (χ0v) is 11.5. The van der Waals surface area contributed by atoms with E-state index >= 15 is 0 Å². The van der Waals surface area contributed by atoms with Crippen LogP contribution in [0.25, 0.3) is 0 Å². The van der Waals surface area contributed by atoms with Crippen molar-refractivity contribution < 1.29 is 0 Å². The number of hydrogen-bond donors (Lipinski definition) is 1. The van der Waals surface area contributed by atoms with Crippen molar-refractivity contribution in [2.75, 3.05) is 13.1 Å². The minimum atomic E-state index is 0.676. The van der Waals surface area contributed by atoms with Crippen molar-refractivity contribution >= 4 is 23.2 Å². The van der Waals surface area contributed by atoms with Gasteiger partial charge in [0.1, 0.15) is 0 Å². The molecule has 96 valence electrons. The Kier molecular flexibility index (Phi) is 5.05. The van der Waals surface area contributed by atoms with Gasteiger partial charge in [0.15, 0.2) is 0 Å². The van der Waals surface area contributed by atoms with E-state index in [0.717, 1.165) is 36.6 Å². The summed E-state index contributed by atoms with van der Waals surface area (Å²) in [5, 5.41) is 8.91. The average molecular weight is 284 g/mol. The van der Waals surface area contributed by atoms with E-state index in [1.54, 1.807) is 12.3 Å². The van der Waals surface area contributed by atoms with Gasteiger partial charge in [0.25, 0.3) is 0 Å². The van der Waals surface area contributed by atoms with E-state index in [1.165, 1.54) is 0 Å². The van der Waals surface area contributed by atoms with Gasteiger partial charge in [0.2, 0.25) is 0 Å². The molecule has 0 unspecified atom stereocenters. The molecule has 5 heteroatoms. The molecule has 0 atom stereocenters. The smallest absolute Gasteiger partial charge is 0.0533 e. The van der Waals surface area contributed by atoms with Crippen molar-refractivity contribution in [2.24, 2.45) is 0 Å². The lowest BCUT2D eigenvalue weighted by Gasteiger charge is -2.07. The molecule has 1 aromatic carbocycles. The Labute approximate surface area is 117 Å². The molecule has 0 spiro atoms. The molecule has 0 bridgehead atoms. The van der Waals surface area contributed by atoms with Gasteiger partial charge in [-0.25, -0.2) is 0 Å². The van der Waals surface area contributed by atoms with Crippen molar-refractivity contribution in [3.63, 3.8) is 0 Å². The second-order valence-corrected chi connectivity index (χ2v) is 4.85. The number of benzene rings is 1. The number of nitrogens with zero attached hydrogens (tertiary/aromatic N) is 2. The first-order chi connectivity index (χ1) is 8.75. The van der Waals surface area contributed by atoms with E-state index in [2.05, 4.69) is 10.4 Å². The molecule has 0 aliphatic rings. The maximum absolute atomic E-state index is 6.10. The first-order valence-corrected chi connectivity index (χ1v) is 6.63. The maximum Gasteiger partial charge on any atom is 0.0533 e. The molecule has 0 saturated heterocycles. The fourth-order valence-electron chi connectivity index (χ4n) is 1.70. The molecule has 0 saturated carbocycles. The van der Waals surface area contributed by atoms with E-state index in [9.17, 15) is 0 Å². The van der Waals surface area contributed by atoms with E-state index in [4.69, 9.17) is 23.2 Å². The van der Waals surface area contributed by atoms with Gasteiger partial charge in [-0.2, -0.15) is 5.10 Å². The highest BCUT2D eigenvalue weighted by molar-refractivity contribution is 6.35. The minimum absolute atomic E-state index is 0.676. The zero-order valence-electron chi connectivity index (χ0n) is 9.94.